The fourth-order valence-electron chi connectivity index (χ4n) is 2.93. The van der Waals surface area contributed by atoms with Crippen LogP contribution in [0.1, 0.15) is 39.5 Å². The Balaban J connectivity index is 3.12. The maximum atomic E-state index is 12.8. The van der Waals surface area contributed by atoms with Crippen molar-refractivity contribution in [2.24, 2.45) is 10.8 Å². The number of carbonyl (C=O) groups is 1. The summed E-state index contributed by atoms with van der Waals surface area (Å²) >= 11 is 0. The van der Waals surface area contributed by atoms with Crippen LogP contribution in [0.2, 0.25) is 0 Å². The Hall–Kier alpha value is -0.610. The van der Waals surface area contributed by atoms with Crippen LogP contribution in [0.25, 0.3) is 0 Å². The monoisotopic (exact) mass is 362 g/mol. The van der Waals surface area contributed by atoms with Gasteiger partial charge >= 0.3 is 20.4 Å². The first-order chi connectivity index (χ1) is 9.67. The number of hydrogen-bond acceptors (Lipinski definition) is 6. The Morgan fingerprint density at radius 1 is 1.09 bits per heavy atom. The summed E-state index contributed by atoms with van der Waals surface area (Å²) in [5.41, 5.74) is -2.31. The van der Waals surface area contributed by atoms with Crippen LogP contribution in [0.15, 0.2) is 0 Å². The van der Waals surface area contributed by atoms with E-state index in [2.05, 4.69) is 0 Å². The van der Waals surface area contributed by atoms with E-state index in [9.17, 15) is 34.5 Å². The third kappa shape index (κ3) is 5.24. The average molecular weight is 362 g/mol. The van der Waals surface area contributed by atoms with Gasteiger partial charge in [-0.05, 0) is 24.7 Å². The molecule has 0 saturated heterocycles. The summed E-state index contributed by atoms with van der Waals surface area (Å²) in [6.45, 7) is 3.44. The lowest BCUT2D eigenvalue weighted by molar-refractivity contribution is -0.147. The number of Topliss-reactive ketones (excluding diaryl/α,β-unsaturated/α-hetero) is 1. The molecule has 1 aliphatic carbocycles. The zero-order chi connectivity index (χ0) is 17.4. The van der Waals surface area contributed by atoms with Crippen molar-refractivity contribution >= 4 is 26.2 Å². The molecule has 1 atom stereocenters. The van der Waals surface area contributed by atoms with E-state index >= 15 is 0 Å². The highest BCUT2D eigenvalue weighted by molar-refractivity contribution is 7.86. The fourth-order valence-corrected chi connectivity index (χ4v) is 4.15. The molecule has 130 valence electrons. The minimum absolute atomic E-state index is 0.0251. The summed E-state index contributed by atoms with van der Waals surface area (Å²) in [6.07, 6.45) is -2.41. The van der Waals surface area contributed by atoms with E-state index in [1.807, 2.05) is 0 Å². The van der Waals surface area contributed by atoms with Gasteiger partial charge in [0.1, 0.15) is 5.78 Å². The van der Waals surface area contributed by atoms with Crippen LogP contribution < -0.4 is 0 Å². The molecule has 1 rings (SSSR count). The van der Waals surface area contributed by atoms with Crippen LogP contribution in [0, 0.1) is 10.8 Å². The quantitative estimate of drug-likeness (QED) is 0.710. The molecule has 0 aromatic rings. The number of halogens is 2. The average Bonchev–Trinajstić information content (AvgIpc) is 2.23. The van der Waals surface area contributed by atoms with E-state index in [-0.39, 0.29) is 12.8 Å². The molecule has 10 heteroatoms. The fraction of sp³-hybridized carbons (Fsp3) is 0.917. The van der Waals surface area contributed by atoms with Crippen molar-refractivity contribution in [3.8, 4) is 0 Å². The van der Waals surface area contributed by atoms with Gasteiger partial charge in [-0.3, -0.25) is 4.79 Å². The molecule has 0 radical (unpaired) electrons. The summed E-state index contributed by atoms with van der Waals surface area (Å²) in [5, 5.41) is 10.3. The normalized spacial score (nSPS) is 25.1. The lowest BCUT2D eigenvalue weighted by Crippen LogP contribution is -2.51. The van der Waals surface area contributed by atoms with Crippen molar-refractivity contribution in [3.63, 3.8) is 0 Å². The molecular formula is C12H20F2O6S2. The van der Waals surface area contributed by atoms with Crippen molar-refractivity contribution in [1.29, 1.82) is 0 Å². The van der Waals surface area contributed by atoms with Crippen LogP contribution in [-0.4, -0.2) is 45.3 Å². The molecule has 1 saturated carbocycles. The summed E-state index contributed by atoms with van der Waals surface area (Å²) in [6, 6.07) is 0. The van der Waals surface area contributed by atoms with Crippen LogP contribution in [0.3, 0.4) is 0 Å². The Kier molecular flexibility index (Phi) is 5.41. The highest BCUT2D eigenvalue weighted by atomic mass is 32.3. The zero-order valence-corrected chi connectivity index (χ0v) is 14.0. The zero-order valence-electron chi connectivity index (χ0n) is 12.4. The third-order valence-corrected chi connectivity index (χ3v) is 5.55. The van der Waals surface area contributed by atoms with Crippen LogP contribution >= 0.6 is 0 Å². The number of aliphatic hydroxyl groups is 1. The summed E-state index contributed by atoms with van der Waals surface area (Å²) in [7, 11) is -9.80. The topological polar surface area (TPSA) is 106 Å². The largest absolute Gasteiger partial charge is 0.392 e. The predicted octanol–water partition coefficient (Wildman–Crippen LogP) is 1.10. The first kappa shape index (κ1) is 19.4. The summed E-state index contributed by atoms with van der Waals surface area (Å²) in [4.78, 5) is 12.4. The van der Waals surface area contributed by atoms with Gasteiger partial charge in [0.15, 0.2) is 0 Å². The maximum Gasteiger partial charge on any atom is 0.302 e. The van der Waals surface area contributed by atoms with Crippen molar-refractivity contribution < 1.29 is 34.5 Å². The Labute approximate surface area is 129 Å². The van der Waals surface area contributed by atoms with Gasteiger partial charge in [0.25, 0.3) is 0 Å². The molecule has 0 spiro atoms. The molecule has 1 aliphatic rings. The molecule has 0 amide bonds. The third-order valence-electron chi connectivity index (χ3n) is 4.16. The first-order valence-electron chi connectivity index (χ1n) is 6.73. The standard InChI is InChI=1S/C12H20F2O6S2/c1-11(2)7-9(15)12(10(16)8-11,3-5-21(13,17)18)4-6-22(14,19)20/h9,15H,3-8H2,1-2H3. The van der Waals surface area contributed by atoms with E-state index in [0.29, 0.717) is 0 Å². The Bertz CT molecular complexity index is 603. The molecular weight excluding hydrogens is 342 g/mol. The van der Waals surface area contributed by atoms with Gasteiger partial charge in [-0.1, -0.05) is 13.8 Å². The van der Waals surface area contributed by atoms with E-state index < -0.39 is 67.5 Å². The van der Waals surface area contributed by atoms with Crippen molar-refractivity contribution in [2.75, 3.05) is 11.5 Å². The van der Waals surface area contributed by atoms with Gasteiger partial charge in [-0.2, -0.15) is 16.8 Å². The van der Waals surface area contributed by atoms with Gasteiger partial charge in [0.2, 0.25) is 0 Å². The van der Waals surface area contributed by atoms with Crippen molar-refractivity contribution in [2.45, 2.75) is 45.6 Å². The molecule has 0 aliphatic heterocycles. The van der Waals surface area contributed by atoms with Gasteiger partial charge in [0.05, 0.1) is 23.0 Å². The molecule has 0 heterocycles. The number of aliphatic hydroxyl groups excluding tert-OH is 1. The molecule has 1 unspecified atom stereocenters. The number of carbonyl (C=O) groups excluding carboxylic acids is 1. The Morgan fingerprint density at radius 3 is 1.82 bits per heavy atom. The summed E-state index contributed by atoms with van der Waals surface area (Å²) < 4.78 is 68.4. The summed E-state index contributed by atoms with van der Waals surface area (Å²) in [5.74, 6) is -2.62. The molecule has 1 N–H and O–H groups in total. The second kappa shape index (κ2) is 6.12. The van der Waals surface area contributed by atoms with E-state index in [4.69, 9.17) is 0 Å². The van der Waals surface area contributed by atoms with Gasteiger partial charge < -0.3 is 5.11 Å². The van der Waals surface area contributed by atoms with Gasteiger partial charge in [-0.15, -0.1) is 7.77 Å². The van der Waals surface area contributed by atoms with Gasteiger partial charge in [-0.25, -0.2) is 0 Å². The molecule has 1 fully saturated rings. The second-order valence-corrected chi connectivity index (χ2v) is 9.60. The maximum absolute atomic E-state index is 12.8. The van der Waals surface area contributed by atoms with Crippen LogP contribution in [0.5, 0.6) is 0 Å². The smallest absolute Gasteiger partial charge is 0.302 e. The van der Waals surface area contributed by atoms with Gasteiger partial charge in [0, 0.05) is 6.42 Å². The highest BCUT2D eigenvalue weighted by Crippen LogP contribution is 2.47. The van der Waals surface area contributed by atoms with Crippen molar-refractivity contribution in [3.05, 3.63) is 0 Å². The highest BCUT2D eigenvalue weighted by Gasteiger charge is 2.52. The minimum atomic E-state index is -4.90. The number of hydrogen-bond donors (Lipinski definition) is 1. The first-order valence-corrected chi connectivity index (χ1v) is 9.83. The number of rotatable bonds is 6. The lowest BCUT2D eigenvalue weighted by Gasteiger charge is -2.45. The molecule has 0 bridgehead atoms. The SMILES string of the molecule is CC1(C)CC(=O)C(CCS(=O)(=O)F)(CCS(=O)(=O)F)C(O)C1. The van der Waals surface area contributed by atoms with Crippen LogP contribution in [0.4, 0.5) is 7.77 Å². The van der Waals surface area contributed by atoms with Crippen LogP contribution in [-0.2, 0) is 25.2 Å². The van der Waals surface area contributed by atoms with E-state index in [1.165, 1.54) is 0 Å². The Morgan fingerprint density at radius 2 is 1.50 bits per heavy atom. The van der Waals surface area contributed by atoms with E-state index in [1.54, 1.807) is 13.8 Å². The molecule has 0 aromatic carbocycles. The number of ketones is 1. The predicted molar refractivity (Wildman–Crippen MR) is 75.5 cm³/mol. The lowest BCUT2D eigenvalue weighted by atomic mass is 9.60. The van der Waals surface area contributed by atoms with Crippen molar-refractivity contribution in [1.82, 2.24) is 0 Å². The second-order valence-electron chi connectivity index (χ2n) is 6.63. The molecule has 0 aromatic heterocycles. The molecule has 22 heavy (non-hydrogen) atoms. The molecule has 6 nitrogen and oxygen atoms in total. The van der Waals surface area contributed by atoms with E-state index in [0.717, 1.165) is 0 Å². The minimum Gasteiger partial charge on any atom is -0.392 e.